The smallest absolute Gasteiger partial charge is 0.349 e. The van der Waals surface area contributed by atoms with E-state index >= 15 is 0 Å². The molecule has 5 nitrogen and oxygen atoms in total. The molecule has 0 fully saturated rings. The molecular formula is C37H36N2O3. The van der Waals surface area contributed by atoms with Gasteiger partial charge in [-0.15, -0.1) is 0 Å². The molecule has 212 valence electrons. The molecule has 0 atom stereocenters. The zero-order chi connectivity index (χ0) is 28.7. The van der Waals surface area contributed by atoms with Crippen molar-refractivity contribution in [2.24, 2.45) is 0 Å². The maximum absolute atomic E-state index is 12.1. The number of nitriles is 2. The monoisotopic (exact) mass is 556 g/mol. The first kappa shape index (κ1) is 34.5. The number of carbonyl (C=O) groups excluding carboxylic acids is 2. The zero-order valence-electron chi connectivity index (χ0n) is 22.4. The van der Waals surface area contributed by atoms with Gasteiger partial charge in [0.2, 0.25) is 0 Å². The number of ketones is 1. The van der Waals surface area contributed by atoms with E-state index in [1.54, 1.807) is 6.92 Å². The highest BCUT2D eigenvalue weighted by Crippen LogP contribution is 2.28. The van der Waals surface area contributed by atoms with E-state index in [0.717, 1.165) is 22.3 Å². The summed E-state index contributed by atoms with van der Waals surface area (Å²) in [4.78, 5) is 23.7. The normalized spacial score (nSPS) is 9.05. The number of hydrogen-bond donors (Lipinski definition) is 0. The summed E-state index contributed by atoms with van der Waals surface area (Å²) in [5, 5.41) is 18.7. The van der Waals surface area contributed by atoms with Crippen molar-refractivity contribution in [1.82, 2.24) is 0 Å². The van der Waals surface area contributed by atoms with Crippen LogP contribution in [0, 0.1) is 22.7 Å². The molecule has 0 bridgehead atoms. The van der Waals surface area contributed by atoms with E-state index in [1.807, 2.05) is 133 Å². The largest absolute Gasteiger partial charge is 0.462 e. The third kappa shape index (κ3) is 9.01. The predicted octanol–water partition coefficient (Wildman–Crippen LogP) is 8.45. The first-order valence-electron chi connectivity index (χ1n) is 12.7. The van der Waals surface area contributed by atoms with Crippen molar-refractivity contribution in [2.75, 3.05) is 6.61 Å². The molecule has 0 N–H and O–H groups in total. The number of benzene rings is 4. The topological polar surface area (TPSA) is 90.9 Å². The lowest BCUT2D eigenvalue weighted by molar-refractivity contribution is -0.137. The van der Waals surface area contributed by atoms with Gasteiger partial charge in [0.15, 0.2) is 5.78 Å². The number of esters is 1. The highest BCUT2D eigenvalue weighted by Gasteiger charge is 2.19. The molecule has 5 heteroatoms. The Hall–Kier alpha value is -5.52. The van der Waals surface area contributed by atoms with Crippen LogP contribution in [0.3, 0.4) is 0 Å². The maximum Gasteiger partial charge on any atom is 0.349 e. The van der Waals surface area contributed by atoms with Crippen LogP contribution in [0.15, 0.2) is 132 Å². The van der Waals surface area contributed by atoms with Crippen LogP contribution in [-0.2, 0) is 14.3 Å². The number of hydrogen-bond acceptors (Lipinski definition) is 5. The van der Waals surface area contributed by atoms with Crippen molar-refractivity contribution in [2.45, 2.75) is 28.7 Å². The number of rotatable bonds is 7. The maximum atomic E-state index is 12.1. The summed E-state index contributed by atoms with van der Waals surface area (Å²) in [6.07, 6.45) is 0. The van der Waals surface area contributed by atoms with Crippen molar-refractivity contribution in [3.8, 4) is 12.1 Å². The number of allylic oxidation sites excluding steroid dienone is 1. The minimum atomic E-state index is -0.595. The summed E-state index contributed by atoms with van der Waals surface area (Å²) < 4.78 is 5.00. The minimum absolute atomic E-state index is 0. The molecule has 0 amide bonds. The first-order valence-corrected chi connectivity index (χ1v) is 12.7. The van der Waals surface area contributed by atoms with Gasteiger partial charge in [-0.1, -0.05) is 136 Å². The van der Waals surface area contributed by atoms with Gasteiger partial charge in [-0.05, 0) is 36.1 Å². The average Bonchev–Trinajstić information content (AvgIpc) is 3.00. The third-order valence-corrected chi connectivity index (χ3v) is 5.81. The van der Waals surface area contributed by atoms with Gasteiger partial charge in [0, 0.05) is 11.1 Å². The molecule has 0 spiro atoms. The van der Waals surface area contributed by atoms with Crippen LogP contribution >= 0.6 is 0 Å². The van der Waals surface area contributed by atoms with Crippen LogP contribution in [0.5, 0.6) is 0 Å². The molecule has 0 aliphatic rings. The van der Waals surface area contributed by atoms with Crippen molar-refractivity contribution >= 4 is 22.9 Å². The van der Waals surface area contributed by atoms with E-state index in [-0.39, 0.29) is 38.4 Å². The summed E-state index contributed by atoms with van der Waals surface area (Å²) in [5.41, 5.74) is 4.88. The van der Waals surface area contributed by atoms with Gasteiger partial charge in [0.05, 0.1) is 6.61 Å². The molecule has 0 radical (unpaired) electrons. The summed E-state index contributed by atoms with van der Waals surface area (Å²) >= 11 is 0. The summed E-state index contributed by atoms with van der Waals surface area (Å²) in [7, 11) is 0. The van der Waals surface area contributed by atoms with E-state index in [1.165, 1.54) is 6.92 Å². The second-order valence-electron chi connectivity index (χ2n) is 8.46. The van der Waals surface area contributed by atoms with Crippen molar-refractivity contribution in [3.05, 3.63) is 155 Å². The van der Waals surface area contributed by atoms with E-state index in [4.69, 9.17) is 4.74 Å². The molecular weight excluding hydrogens is 520 g/mol. The lowest BCUT2D eigenvalue weighted by atomic mass is 9.92. The summed E-state index contributed by atoms with van der Waals surface area (Å²) in [6, 6.07) is 41.8. The lowest BCUT2D eigenvalue weighted by Crippen LogP contribution is -2.09. The molecule has 0 unspecified atom stereocenters. The molecule has 0 aliphatic heterocycles. The highest BCUT2D eigenvalue weighted by atomic mass is 16.5. The van der Waals surface area contributed by atoms with Gasteiger partial charge >= 0.3 is 5.97 Å². The van der Waals surface area contributed by atoms with E-state index in [0.29, 0.717) is 11.1 Å². The fourth-order valence-corrected chi connectivity index (χ4v) is 4.05. The second kappa shape index (κ2) is 17.9. The van der Waals surface area contributed by atoms with Crippen LogP contribution in [0.1, 0.15) is 51.0 Å². The molecule has 0 saturated heterocycles. The molecule has 42 heavy (non-hydrogen) atoms. The van der Waals surface area contributed by atoms with Crippen LogP contribution in [0.2, 0.25) is 0 Å². The quantitative estimate of drug-likeness (QED) is 0.129. The van der Waals surface area contributed by atoms with Gasteiger partial charge in [0.25, 0.3) is 0 Å². The van der Waals surface area contributed by atoms with Crippen LogP contribution < -0.4 is 0 Å². The Bertz CT molecular complexity index is 1490. The number of ether oxygens (including phenoxy) is 1. The number of nitrogens with zero attached hydrogens (tertiary/aromatic N) is 2. The Morgan fingerprint density at radius 3 is 1.10 bits per heavy atom. The minimum Gasteiger partial charge on any atom is -0.462 e. The lowest BCUT2D eigenvalue weighted by Gasteiger charge is -2.11. The van der Waals surface area contributed by atoms with E-state index < -0.39 is 5.97 Å². The fraction of sp³-hybridized carbons (Fsp3) is 0.135. The predicted molar refractivity (Wildman–Crippen MR) is 170 cm³/mol. The van der Waals surface area contributed by atoms with E-state index in [9.17, 15) is 20.1 Å². The SMILES string of the molecule is C.C.CC(=O)C(C#N)=C(c1ccccc1)c1ccccc1.CCOC(=O)C(C#N)=C(c1ccccc1)c1ccccc1. The van der Waals surface area contributed by atoms with Crippen LogP contribution in [0.25, 0.3) is 11.1 Å². The molecule has 4 aromatic carbocycles. The first-order chi connectivity index (χ1) is 19.5. The Kier molecular flexibility index (Phi) is 14.7. The van der Waals surface area contributed by atoms with Gasteiger partial charge in [0.1, 0.15) is 23.3 Å². The van der Waals surface area contributed by atoms with Crippen molar-refractivity contribution in [1.29, 1.82) is 10.5 Å². The fourth-order valence-electron chi connectivity index (χ4n) is 4.05. The Morgan fingerprint density at radius 1 is 0.571 bits per heavy atom. The van der Waals surface area contributed by atoms with Crippen molar-refractivity contribution < 1.29 is 14.3 Å². The van der Waals surface area contributed by atoms with Crippen LogP contribution in [0.4, 0.5) is 0 Å². The van der Waals surface area contributed by atoms with Gasteiger partial charge in [-0.2, -0.15) is 10.5 Å². The Morgan fingerprint density at radius 2 is 0.857 bits per heavy atom. The van der Waals surface area contributed by atoms with Crippen molar-refractivity contribution in [3.63, 3.8) is 0 Å². The number of carbonyl (C=O) groups is 2. The molecule has 0 heterocycles. The standard InChI is InChI=1S/C18H15NO2.C17H13NO.2CH4/c1-2-21-18(20)16(13-19)17(14-9-5-3-6-10-14)15-11-7-4-8-12-15;1-13(19)16(12-18)17(14-8-4-2-5-9-14)15-10-6-3-7-11-15;;/h3-12H,2H2,1H3;2-11H,1H3;2*1H4. The molecule has 0 aromatic heterocycles. The average molecular weight is 557 g/mol. The molecule has 0 saturated carbocycles. The molecule has 0 aliphatic carbocycles. The second-order valence-corrected chi connectivity index (χ2v) is 8.46. The van der Waals surface area contributed by atoms with E-state index in [2.05, 4.69) is 0 Å². The summed E-state index contributed by atoms with van der Waals surface area (Å²) in [5.74, 6) is -0.812. The Balaban J connectivity index is 0.000000403. The molecule has 4 rings (SSSR count). The van der Waals surface area contributed by atoms with Gasteiger partial charge in [-0.25, -0.2) is 4.79 Å². The third-order valence-electron chi connectivity index (χ3n) is 5.81. The highest BCUT2D eigenvalue weighted by molar-refractivity contribution is 6.08. The Labute approximate surface area is 249 Å². The summed E-state index contributed by atoms with van der Waals surface area (Å²) in [6.45, 7) is 3.38. The number of Topliss-reactive ketones (excluding diaryl/α,β-unsaturated/α-hetero) is 1. The van der Waals surface area contributed by atoms with Gasteiger partial charge in [-0.3, -0.25) is 4.79 Å². The van der Waals surface area contributed by atoms with Gasteiger partial charge < -0.3 is 4.74 Å². The zero-order valence-corrected chi connectivity index (χ0v) is 22.4. The van der Waals surface area contributed by atoms with Crippen LogP contribution in [-0.4, -0.2) is 18.4 Å². The molecule has 4 aromatic rings.